The fourth-order valence-corrected chi connectivity index (χ4v) is 2.41. The lowest BCUT2D eigenvalue weighted by Gasteiger charge is -2.26. The van der Waals surface area contributed by atoms with Crippen LogP contribution >= 0.6 is 0 Å². The van der Waals surface area contributed by atoms with Gasteiger partial charge in [-0.2, -0.15) is 0 Å². The summed E-state index contributed by atoms with van der Waals surface area (Å²) in [5, 5.41) is 3.28. The lowest BCUT2D eigenvalue weighted by Crippen LogP contribution is -2.38. The topological polar surface area (TPSA) is 32.3 Å². The molecule has 1 aliphatic rings. The summed E-state index contributed by atoms with van der Waals surface area (Å²) >= 11 is 0. The van der Waals surface area contributed by atoms with Crippen LogP contribution in [-0.4, -0.2) is 29.6 Å². The Hall–Kier alpha value is -0.570. The minimum absolute atomic E-state index is 0.00122. The summed E-state index contributed by atoms with van der Waals surface area (Å²) in [5.41, 5.74) is 0. The standard InChI is InChI=1S/C13H26N2O/c1-5-7-8-12(6-2)9-15-11(4)14-10(3)13(15)16/h10-12,14H,5-9H2,1-4H3. The van der Waals surface area contributed by atoms with Gasteiger partial charge in [0.05, 0.1) is 12.2 Å². The van der Waals surface area contributed by atoms with Crippen molar-refractivity contribution in [3.63, 3.8) is 0 Å². The van der Waals surface area contributed by atoms with Crippen molar-refractivity contribution in [2.24, 2.45) is 5.92 Å². The van der Waals surface area contributed by atoms with Crippen LogP contribution in [0.25, 0.3) is 0 Å². The molecule has 16 heavy (non-hydrogen) atoms. The second-order valence-electron chi connectivity index (χ2n) is 4.97. The van der Waals surface area contributed by atoms with Crippen molar-refractivity contribution in [3.8, 4) is 0 Å². The van der Waals surface area contributed by atoms with Crippen LogP contribution in [-0.2, 0) is 4.79 Å². The molecule has 3 nitrogen and oxygen atoms in total. The first-order valence-corrected chi connectivity index (χ1v) is 6.66. The molecule has 0 aromatic carbocycles. The van der Waals surface area contributed by atoms with Gasteiger partial charge in [-0.05, 0) is 26.2 Å². The molecule has 0 radical (unpaired) electrons. The number of hydrogen-bond donors (Lipinski definition) is 1. The maximum atomic E-state index is 11.9. The average Bonchev–Trinajstić information content (AvgIpc) is 2.50. The predicted molar refractivity (Wildman–Crippen MR) is 67.1 cm³/mol. The maximum absolute atomic E-state index is 11.9. The molecule has 1 saturated heterocycles. The molecule has 1 fully saturated rings. The Kier molecular flexibility index (Phi) is 5.26. The highest BCUT2D eigenvalue weighted by atomic mass is 16.2. The highest BCUT2D eigenvalue weighted by Gasteiger charge is 2.33. The van der Waals surface area contributed by atoms with Crippen molar-refractivity contribution >= 4 is 5.91 Å². The quantitative estimate of drug-likeness (QED) is 0.754. The second kappa shape index (κ2) is 6.24. The van der Waals surface area contributed by atoms with E-state index in [0.717, 1.165) is 6.54 Å². The van der Waals surface area contributed by atoms with E-state index in [9.17, 15) is 4.79 Å². The van der Waals surface area contributed by atoms with E-state index in [1.54, 1.807) is 0 Å². The van der Waals surface area contributed by atoms with E-state index < -0.39 is 0 Å². The van der Waals surface area contributed by atoms with Gasteiger partial charge >= 0.3 is 0 Å². The third kappa shape index (κ3) is 3.21. The van der Waals surface area contributed by atoms with Crippen molar-refractivity contribution in [2.45, 2.75) is 65.6 Å². The lowest BCUT2D eigenvalue weighted by molar-refractivity contribution is -0.130. The largest absolute Gasteiger partial charge is 0.326 e. The molecular weight excluding hydrogens is 200 g/mol. The van der Waals surface area contributed by atoms with Crippen molar-refractivity contribution in [3.05, 3.63) is 0 Å². The summed E-state index contributed by atoms with van der Waals surface area (Å²) in [6, 6.07) is -0.00122. The molecule has 0 aliphatic carbocycles. The fourth-order valence-electron chi connectivity index (χ4n) is 2.41. The van der Waals surface area contributed by atoms with Crippen LogP contribution in [0.15, 0.2) is 0 Å². The van der Waals surface area contributed by atoms with Crippen molar-refractivity contribution in [1.82, 2.24) is 10.2 Å². The first-order chi connectivity index (χ1) is 7.60. The predicted octanol–water partition coefficient (Wildman–Crippen LogP) is 2.37. The number of nitrogens with one attached hydrogen (secondary N) is 1. The average molecular weight is 226 g/mol. The van der Waals surface area contributed by atoms with Gasteiger partial charge in [0.15, 0.2) is 0 Å². The van der Waals surface area contributed by atoms with Gasteiger partial charge < -0.3 is 4.90 Å². The number of rotatable bonds is 6. The minimum Gasteiger partial charge on any atom is -0.326 e. The van der Waals surface area contributed by atoms with E-state index in [4.69, 9.17) is 0 Å². The molecule has 0 aromatic rings. The number of amides is 1. The molecular formula is C13H26N2O. The Morgan fingerprint density at radius 3 is 2.50 bits per heavy atom. The Morgan fingerprint density at radius 1 is 1.38 bits per heavy atom. The number of nitrogens with zero attached hydrogens (tertiary/aromatic N) is 1. The van der Waals surface area contributed by atoms with Gasteiger partial charge in [-0.1, -0.05) is 33.1 Å². The molecule has 1 rings (SSSR count). The summed E-state index contributed by atoms with van der Waals surface area (Å²) < 4.78 is 0. The molecule has 1 amide bonds. The summed E-state index contributed by atoms with van der Waals surface area (Å²) in [6.07, 6.45) is 5.15. The minimum atomic E-state index is -0.00122. The molecule has 0 bridgehead atoms. The van der Waals surface area contributed by atoms with Crippen molar-refractivity contribution in [1.29, 1.82) is 0 Å². The van der Waals surface area contributed by atoms with Gasteiger partial charge in [0.25, 0.3) is 0 Å². The van der Waals surface area contributed by atoms with Crippen LogP contribution in [0.2, 0.25) is 0 Å². The first-order valence-electron chi connectivity index (χ1n) is 6.66. The fraction of sp³-hybridized carbons (Fsp3) is 0.923. The molecule has 0 aromatic heterocycles. The Balaban J connectivity index is 2.47. The van der Waals surface area contributed by atoms with E-state index in [2.05, 4.69) is 26.1 Å². The van der Waals surface area contributed by atoms with Crippen LogP contribution in [0.1, 0.15) is 53.4 Å². The second-order valence-corrected chi connectivity index (χ2v) is 4.97. The Labute approximate surface area is 99.6 Å². The normalized spacial score (nSPS) is 27.5. The van der Waals surface area contributed by atoms with Crippen molar-refractivity contribution in [2.75, 3.05) is 6.54 Å². The first kappa shape index (κ1) is 13.5. The van der Waals surface area contributed by atoms with E-state index in [0.29, 0.717) is 5.92 Å². The number of carbonyl (C=O) groups excluding carboxylic acids is 1. The van der Waals surface area contributed by atoms with E-state index in [1.165, 1.54) is 25.7 Å². The lowest BCUT2D eigenvalue weighted by atomic mass is 9.98. The van der Waals surface area contributed by atoms with Crippen LogP contribution in [0.3, 0.4) is 0 Å². The summed E-state index contributed by atoms with van der Waals surface area (Å²) in [5.74, 6) is 0.931. The van der Waals surface area contributed by atoms with Crippen LogP contribution in [0, 0.1) is 5.92 Å². The number of carbonyl (C=O) groups is 1. The molecule has 3 atom stereocenters. The highest BCUT2D eigenvalue weighted by molar-refractivity contribution is 5.83. The van der Waals surface area contributed by atoms with Gasteiger partial charge in [-0.3, -0.25) is 10.1 Å². The van der Waals surface area contributed by atoms with Gasteiger partial charge in [0.1, 0.15) is 0 Å². The van der Waals surface area contributed by atoms with Gasteiger partial charge in [-0.25, -0.2) is 0 Å². The van der Waals surface area contributed by atoms with E-state index >= 15 is 0 Å². The van der Waals surface area contributed by atoms with Crippen molar-refractivity contribution < 1.29 is 4.79 Å². The van der Waals surface area contributed by atoms with E-state index in [1.807, 2.05) is 11.8 Å². The highest BCUT2D eigenvalue weighted by Crippen LogP contribution is 2.18. The van der Waals surface area contributed by atoms with Gasteiger partial charge in [0, 0.05) is 6.54 Å². The molecule has 0 spiro atoms. The third-order valence-electron chi connectivity index (χ3n) is 3.61. The smallest absolute Gasteiger partial charge is 0.240 e. The van der Waals surface area contributed by atoms with Crippen LogP contribution in [0.5, 0.6) is 0 Å². The summed E-state index contributed by atoms with van der Waals surface area (Å²) in [4.78, 5) is 13.9. The third-order valence-corrected chi connectivity index (χ3v) is 3.61. The van der Waals surface area contributed by atoms with Crippen LogP contribution < -0.4 is 5.32 Å². The Bertz CT molecular complexity index is 230. The van der Waals surface area contributed by atoms with Gasteiger partial charge in [0.2, 0.25) is 5.91 Å². The molecule has 1 heterocycles. The van der Waals surface area contributed by atoms with Gasteiger partial charge in [-0.15, -0.1) is 0 Å². The number of unbranched alkanes of at least 4 members (excludes halogenated alkanes) is 1. The SMILES string of the molecule is CCCCC(CC)CN1C(=O)C(C)NC1C. The van der Waals surface area contributed by atoms with Crippen LogP contribution in [0.4, 0.5) is 0 Å². The molecule has 94 valence electrons. The zero-order valence-electron chi connectivity index (χ0n) is 11.1. The maximum Gasteiger partial charge on any atom is 0.240 e. The Morgan fingerprint density at radius 2 is 2.06 bits per heavy atom. The van der Waals surface area contributed by atoms with E-state index in [-0.39, 0.29) is 18.1 Å². The zero-order valence-corrected chi connectivity index (χ0v) is 11.1. The molecule has 3 unspecified atom stereocenters. The molecule has 0 saturated carbocycles. The summed E-state index contributed by atoms with van der Waals surface area (Å²) in [6.45, 7) is 9.40. The zero-order chi connectivity index (χ0) is 12.1. The molecule has 3 heteroatoms. The molecule has 1 N–H and O–H groups in total. The monoisotopic (exact) mass is 226 g/mol. The number of hydrogen-bond acceptors (Lipinski definition) is 2. The summed E-state index contributed by atoms with van der Waals surface area (Å²) in [7, 11) is 0. The molecule has 1 aliphatic heterocycles.